The highest BCUT2D eigenvalue weighted by molar-refractivity contribution is 5.82. The van der Waals surface area contributed by atoms with Crippen molar-refractivity contribution < 1.29 is 4.79 Å². The predicted octanol–water partition coefficient (Wildman–Crippen LogP) is 2.46. The lowest BCUT2D eigenvalue weighted by Gasteiger charge is -2.38. The first-order chi connectivity index (χ1) is 8.41. The first kappa shape index (κ1) is 13.9. The van der Waals surface area contributed by atoms with E-state index in [1.807, 2.05) is 0 Å². The van der Waals surface area contributed by atoms with E-state index in [-0.39, 0.29) is 11.3 Å². The van der Waals surface area contributed by atoms with Crippen molar-refractivity contribution in [3.05, 3.63) is 0 Å². The van der Waals surface area contributed by atoms with Gasteiger partial charge in [-0.05, 0) is 57.0 Å². The van der Waals surface area contributed by atoms with Crippen molar-refractivity contribution in [1.82, 2.24) is 10.6 Å². The van der Waals surface area contributed by atoms with Crippen molar-refractivity contribution in [3.63, 3.8) is 0 Å². The van der Waals surface area contributed by atoms with Crippen LogP contribution >= 0.6 is 0 Å². The van der Waals surface area contributed by atoms with E-state index in [0.717, 1.165) is 38.8 Å². The minimum absolute atomic E-state index is 0.141. The van der Waals surface area contributed by atoms with Gasteiger partial charge in [0.1, 0.15) is 0 Å². The summed E-state index contributed by atoms with van der Waals surface area (Å²) >= 11 is 0. The van der Waals surface area contributed by atoms with Gasteiger partial charge in [-0.25, -0.2) is 0 Å². The maximum absolute atomic E-state index is 12.4. The van der Waals surface area contributed by atoms with Crippen LogP contribution in [0.15, 0.2) is 0 Å². The fourth-order valence-corrected chi connectivity index (χ4v) is 3.11. The van der Waals surface area contributed by atoms with E-state index in [2.05, 4.69) is 31.4 Å². The second kappa shape index (κ2) is 5.20. The van der Waals surface area contributed by atoms with Gasteiger partial charge in [-0.3, -0.25) is 4.79 Å². The summed E-state index contributed by atoms with van der Waals surface area (Å²) in [7, 11) is 0. The summed E-state index contributed by atoms with van der Waals surface area (Å²) in [5.74, 6) is 0.286. The highest BCUT2D eigenvalue weighted by atomic mass is 16.2. The molecule has 0 bridgehead atoms. The van der Waals surface area contributed by atoms with Crippen LogP contribution in [0, 0.1) is 10.8 Å². The van der Waals surface area contributed by atoms with E-state index >= 15 is 0 Å². The second-order valence-electron chi connectivity index (χ2n) is 7.22. The fraction of sp³-hybridized carbons (Fsp3) is 0.933. The first-order valence-electron chi connectivity index (χ1n) is 7.43. The molecule has 1 saturated heterocycles. The standard InChI is InChI=1S/C15H28N2O/c1-14(2)6-4-12(5-7-14)17-13(18)15(3)8-10-16-11-9-15/h12,16H,4-11H2,1-3H3,(H,17,18). The largest absolute Gasteiger partial charge is 0.353 e. The van der Waals surface area contributed by atoms with Gasteiger partial charge in [-0.15, -0.1) is 0 Å². The summed E-state index contributed by atoms with van der Waals surface area (Å²) in [6.07, 6.45) is 6.70. The van der Waals surface area contributed by atoms with Crippen LogP contribution in [-0.4, -0.2) is 25.0 Å². The molecule has 2 rings (SSSR count). The Bertz CT molecular complexity index is 296. The Morgan fingerprint density at radius 1 is 1.06 bits per heavy atom. The average molecular weight is 252 g/mol. The molecule has 18 heavy (non-hydrogen) atoms. The minimum atomic E-state index is -0.141. The van der Waals surface area contributed by atoms with Gasteiger partial charge in [0.15, 0.2) is 0 Å². The van der Waals surface area contributed by atoms with Gasteiger partial charge in [0.2, 0.25) is 5.91 Å². The highest BCUT2D eigenvalue weighted by Crippen LogP contribution is 2.36. The second-order valence-corrected chi connectivity index (χ2v) is 7.22. The number of piperidine rings is 1. The SMILES string of the molecule is CC1(C)CCC(NC(=O)C2(C)CCNCC2)CC1. The molecular weight excluding hydrogens is 224 g/mol. The molecule has 0 spiro atoms. The zero-order chi connectivity index (χ0) is 13.2. The first-order valence-corrected chi connectivity index (χ1v) is 7.43. The molecule has 3 nitrogen and oxygen atoms in total. The van der Waals surface area contributed by atoms with Crippen molar-refractivity contribution in [2.24, 2.45) is 10.8 Å². The van der Waals surface area contributed by atoms with Gasteiger partial charge in [0.05, 0.1) is 0 Å². The maximum atomic E-state index is 12.4. The van der Waals surface area contributed by atoms with Crippen LogP contribution in [0.4, 0.5) is 0 Å². The number of rotatable bonds is 2. The monoisotopic (exact) mass is 252 g/mol. The Kier molecular flexibility index (Phi) is 4.00. The van der Waals surface area contributed by atoms with Gasteiger partial charge < -0.3 is 10.6 Å². The smallest absolute Gasteiger partial charge is 0.226 e. The summed E-state index contributed by atoms with van der Waals surface area (Å²) in [5.41, 5.74) is 0.331. The summed E-state index contributed by atoms with van der Waals surface area (Å²) in [5, 5.41) is 6.63. The lowest BCUT2D eigenvalue weighted by atomic mass is 9.75. The normalized spacial score (nSPS) is 27.7. The number of hydrogen-bond acceptors (Lipinski definition) is 2. The summed E-state index contributed by atoms with van der Waals surface area (Å²) < 4.78 is 0. The van der Waals surface area contributed by atoms with Gasteiger partial charge in [-0.1, -0.05) is 20.8 Å². The Morgan fingerprint density at radius 3 is 2.17 bits per heavy atom. The molecular formula is C15H28N2O. The molecule has 1 amide bonds. The number of amides is 1. The van der Waals surface area contributed by atoms with E-state index < -0.39 is 0 Å². The topological polar surface area (TPSA) is 41.1 Å². The average Bonchev–Trinajstić information content (AvgIpc) is 2.33. The lowest BCUT2D eigenvalue weighted by molar-refractivity contribution is -0.132. The van der Waals surface area contributed by atoms with Gasteiger partial charge in [-0.2, -0.15) is 0 Å². The minimum Gasteiger partial charge on any atom is -0.353 e. The van der Waals surface area contributed by atoms with Crippen molar-refractivity contribution in [3.8, 4) is 0 Å². The van der Waals surface area contributed by atoms with Crippen LogP contribution in [0.25, 0.3) is 0 Å². The molecule has 1 saturated carbocycles. The number of carbonyl (C=O) groups is 1. The van der Waals surface area contributed by atoms with Crippen molar-refractivity contribution in [2.75, 3.05) is 13.1 Å². The maximum Gasteiger partial charge on any atom is 0.226 e. The van der Waals surface area contributed by atoms with Crippen LogP contribution in [-0.2, 0) is 4.79 Å². The van der Waals surface area contributed by atoms with Crippen LogP contribution < -0.4 is 10.6 Å². The molecule has 0 unspecified atom stereocenters. The molecule has 1 heterocycles. The Hall–Kier alpha value is -0.570. The third-order valence-corrected chi connectivity index (χ3v) is 4.93. The third-order valence-electron chi connectivity index (χ3n) is 4.93. The van der Waals surface area contributed by atoms with Gasteiger partial charge in [0.25, 0.3) is 0 Å². The summed E-state index contributed by atoms with van der Waals surface area (Å²) in [6, 6.07) is 0.414. The number of carbonyl (C=O) groups excluding carboxylic acids is 1. The zero-order valence-electron chi connectivity index (χ0n) is 12.1. The van der Waals surface area contributed by atoms with E-state index in [4.69, 9.17) is 0 Å². The zero-order valence-corrected chi connectivity index (χ0v) is 12.1. The summed E-state index contributed by atoms with van der Waals surface area (Å²) in [4.78, 5) is 12.4. The molecule has 0 radical (unpaired) electrons. The molecule has 1 aliphatic carbocycles. The Balaban J connectivity index is 1.84. The third kappa shape index (κ3) is 3.25. The molecule has 3 heteroatoms. The fourth-order valence-electron chi connectivity index (χ4n) is 3.11. The van der Waals surface area contributed by atoms with Crippen LogP contribution in [0.3, 0.4) is 0 Å². The van der Waals surface area contributed by atoms with Crippen molar-refractivity contribution in [2.45, 2.75) is 65.3 Å². The molecule has 104 valence electrons. The molecule has 2 fully saturated rings. The van der Waals surface area contributed by atoms with E-state index in [9.17, 15) is 4.79 Å². The van der Waals surface area contributed by atoms with E-state index in [1.54, 1.807) is 0 Å². The van der Waals surface area contributed by atoms with Gasteiger partial charge >= 0.3 is 0 Å². The molecule has 2 aliphatic rings. The van der Waals surface area contributed by atoms with Crippen LogP contribution in [0.2, 0.25) is 0 Å². The number of nitrogens with one attached hydrogen (secondary N) is 2. The highest BCUT2D eigenvalue weighted by Gasteiger charge is 2.36. The molecule has 0 aromatic rings. The van der Waals surface area contributed by atoms with Crippen molar-refractivity contribution in [1.29, 1.82) is 0 Å². The summed E-state index contributed by atoms with van der Waals surface area (Å²) in [6.45, 7) is 8.73. The molecule has 1 aliphatic heterocycles. The van der Waals surface area contributed by atoms with Crippen LogP contribution in [0.5, 0.6) is 0 Å². The molecule has 0 aromatic carbocycles. The van der Waals surface area contributed by atoms with Crippen LogP contribution in [0.1, 0.15) is 59.3 Å². The lowest BCUT2D eigenvalue weighted by Crippen LogP contribution is -2.49. The molecule has 0 aromatic heterocycles. The molecule has 2 N–H and O–H groups in total. The number of hydrogen-bond donors (Lipinski definition) is 2. The van der Waals surface area contributed by atoms with E-state index in [0.29, 0.717) is 11.5 Å². The predicted molar refractivity (Wildman–Crippen MR) is 74.4 cm³/mol. The van der Waals surface area contributed by atoms with E-state index in [1.165, 1.54) is 12.8 Å². The molecule has 0 atom stereocenters. The quantitative estimate of drug-likeness (QED) is 0.792. The van der Waals surface area contributed by atoms with Gasteiger partial charge in [0, 0.05) is 11.5 Å². The van der Waals surface area contributed by atoms with Crippen molar-refractivity contribution >= 4 is 5.91 Å². The Labute approximate surface area is 111 Å². The Morgan fingerprint density at radius 2 is 1.61 bits per heavy atom.